The summed E-state index contributed by atoms with van der Waals surface area (Å²) in [6.45, 7) is 1.20. The van der Waals surface area contributed by atoms with Crippen molar-refractivity contribution in [2.75, 3.05) is 20.6 Å². The number of nitrogens with zero attached hydrogens (tertiary/aromatic N) is 1. The molecule has 1 aliphatic carbocycles. The number of rotatable bonds is 10. The van der Waals surface area contributed by atoms with E-state index in [9.17, 15) is 14.4 Å². The summed E-state index contributed by atoms with van der Waals surface area (Å²) in [5.74, 6) is -3.33. The van der Waals surface area contributed by atoms with E-state index in [1.165, 1.54) is 45.1 Å². The second-order valence-corrected chi connectivity index (χ2v) is 8.48. The highest BCUT2D eigenvalue weighted by Gasteiger charge is 2.40. The van der Waals surface area contributed by atoms with Gasteiger partial charge < -0.3 is 25.3 Å². The molecule has 1 saturated carbocycles. The van der Waals surface area contributed by atoms with Gasteiger partial charge in [-0.3, -0.25) is 9.59 Å². The van der Waals surface area contributed by atoms with Gasteiger partial charge in [0.05, 0.1) is 12.8 Å². The molecular formula is C23H35NO7. The molecule has 31 heavy (non-hydrogen) atoms. The fourth-order valence-electron chi connectivity index (χ4n) is 4.02. The van der Waals surface area contributed by atoms with Gasteiger partial charge in [-0.2, -0.15) is 0 Å². The van der Waals surface area contributed by atoms with Gasteiger partial charge in [-0.15, -0.1) is 0 Å². The second-order valence-electron chi connectivity index (χ2n) is 8.48. The van der Waals surface area contributed by atoms with Crippen LogP contribution in [0.5, 0.6) is 0 Å². The van der Waals surface area contributed by atoms with Gasteiger partial charge in [-0.1, -0.05) is 49.6 Å². The molecule has 8 heteroatoms. The first-order valence-electron chi connectivity index (χ1n) is 10.6. The zero-order valence-electron chi connectivity index (χ0n) is 18.4. The summed E-state index contributed by atoms with van der Waals surface area (Å²) in [6, 6.07) is 11.2. The molecule has 8 nitrogen and oxygen atoms in total. The Bertz CT molecular complexity index is 683. The lowest BCUT2D eigenvalue weighted by Gasteiger charge is -2.31. The Labute approximate surface area is 183 Å². The number of carboxylic acid groups (broad SMARTS) is 3. The van der Waals surface area contributed by atoms with Crippen molar-refractivity contribution in [2.45, 2.75) is 62.9 Å². The minimum absolute atomic E-state index is 0.772. The molecule has 174 valence electrons. The van der Waals surface area contributed by atoms with E-state index in [2.05, 4.69) is 49.3 Å². The Balaban J connectivity index is 0.000000330. The molecule has 4 N–H and O–H groups in total. The van der Waals surface area contributed by atoms with Crippen LogP contribution >= 0.6 is 0 Å². The van der Waals surface area contributed by atoms with Gasteiger partial charge in [-0.05, 0) is 57.3 Å². The second kappa shape index (κ2) is 13.1. The summed E-state index contributed by atoms with van der Waals surface area (Å²) in [5.41, 5.74) is -1.18. The lowest BCUT2D eigenvalue weighted by molar-refractivity contribution is -0.170. The van der Waals surface area contributed by atoms with Crippen molar-refractivity contribution >= 4 is 17.9 Å². The van der Waals surface area contributed by atoms with Gasteiger partial charge in [0.2, 0.25) is 0 Å². The molecule has 0 radical (unpaired) electrons. The van der Waals surface area contributed by atoms with E-state index in [0.29, 0.717) is 0 Å². The normalized spacial score (nSPS) is 15.6. The number of hydrogen-bond donors (Lipinski definition) is 4. The number of carboxylic acids is 3. The van der Waals surface area contributed by atoms with Crippen LogP contribution in [0.25, 0.3) is 0 Å². The lowest BCUT2D eigenvalue weighted by Crippen LogP contribution is -2.42. The molecule has 0 spiro atoms. The van der Waals surface area contributed by atoms with Crippen LogP contribution in [0.15, 0.2) is 30.3 Å². The average molecular weight is 438 g/mol. The molecule has 1 aromatic carbocycles. The van der Waals surface area contributed by atoms with Crippen LogP contribution in [0.4, 0.5) is 0 Å². The Hall–Kier alpha value is -2.45. The third-order valence-corrected chi connectivity index (χ3v) is 5.62. The van der Waals surface area contributed by atoms with E-state index in [4.69, 9.17) is 20.4 Å². The molecule has 0 aromatic heterocycles. The van der Waals surface area contributed by atoms with Crippen LogP contribution in [-0.2, 0) is 14.4 Å². The van der Waals surface area contributed by atoms with Gasteiger partial charge in [-0.25, -0.2) is 4.79 Å². The molecule has 0 amide bonds. The number of hydrogen-bond acceptors (Lipinski definition) is 5. The van der Waals surface area contributed by atoms with Crippen molar-refractivity contribution in [2.24, 2.45) is 5.92 Å². The summed E-state index contributed by atoms with van der Waals surface area (Å²) in [7, 11) is 4.37. The van der Waals surface area contributed by atoms with Crippen LogP contribution < -0.4 is 0 Å². The third kappa shape index (κ3) is 9.93. The smallest absolute Gasteiger partial charge is 0.336 e. The molecule has 0 aliphatic heterocycles. The van der Waals surface area contributed by atoms with Crippen molar-refractivity contribution < 1.29 is 34.8 Å². The van der Waals surface area contributed by atoms with E-state index in [-0.39, 0.29) is 0 Å². The molecule has 0 heterocycles. The Morgan fingerprint density at radius 1 is 0.968 bits per heavy atom. The molecule has 1 atom stereocenters. The third-order valence-electron chi connectivity index (χ3n) is 5.62. The van der Waals surface area contributed by atoms with E-state index >= 15 is 0 Å². The van der Waals surface area contributed by atoms with E-state index < -0.39 is 36.4 Å². The molecule has 1 fully saturated rings. The Kier molecular flexibility index (Phi) is 11.2. The fourth-order valence-corrected chi connectivity index (χ4v) is 4.02. The molecule has 0 unspecified atom stereocenters. The molecule has 0 saturated heterocycles. The van der Waals surface area contributed by atoms with E-state index in [1.54, 1.807) is 5.56 Å². The monoisotopic (exact) mass is 437 g/mol. The minimum Gasteiger partial charge on any atom is -0.481 e. The van der Waals surface area contributed by atoms with Crippen molar-refractivity contribution in [1.82, 2.24) is 4.90 Å². The van der Waals surface area contributed by atoms with Gasteiger partial charge in [0.1, 0.15) is 0 Å². The molecule has 2 rings (SSSR count). The topological polar surface area (TPSA) is 135 Å². The maximum absolute atomic E-state index is 10.3. The number of carbonyl (C=O) groups is 3. The fraction of sp³-hybridized carbons (Fsp3) is 0.609. The molecule has 0 bridgehead atoms. The highest BCUT2D eigenvalue weighted by molar-refractivity contribution is 5.88. The van der Waals surface area contributed by atoms with Gasteiger partial charge in [0, 0.05) is 0 Å². The van der Waals surface area contributed by atoms with Crippen molar-refractivity contribution in [3.63, 3.8) is 0 Å². The van der Waals surface area contributed by atoms with Crippen LogP contribution in [0.2, 0.25) is 0 Å². The first kappa shape index (κ1) is 26.6. The average Bonchev–Trinajstić information content (AvgIpc) is 2.69. The van der Waals surface area contributed by atoms with Gasteiger partial charge in [0.25, 0.3) is 0 Å². The molecular weight excluding hydrogens is 402 g/mol. The summed E-state index contributed by atoms with van der Waals surface area (Å²) >= 11 is 0. The number of aliphatic hydroxyl groups is 1. The van der Waals surface area contributed by atoms with E-state index in [1.807, 2.05) is 0 Å². The minimum atomic E-state index is -2.74. The number of benzene rings is 1. The maximum Gasteiger partial charge on any atom is 0.336 e. The quantitative estimate of drug-likeness (QED) is 0.439. The molecule has 1 aromatic rings. The summed E-state index contributed by atoms with van der Waals surface area (Å²) in [6.07, 6.45) is 6.22. The summed E-state index contributed by atoms with van der Waals surface area (Å²) in [5, 5.41) is 33.8. The van der Waals surface area contributed by atoms with Crippen LogP contribution in [0.3, 0.4) is 0 Å². The Morgan fingerprint density at radius 2 is 1.48 bits per heavy atom. The predicted octanol–water partition coefficient (Wildman–Crippen LogP) is 3.05. The first-order valence-corrected chi connectivity index (χ1v) is 10.6. The zero-order chi connectivity index (χ0) is 23.4. The summed E-state index contributed by atoms with van der Waals surface area (Å²) < 4.78 is 0. The maximum atomic E-state index is 10.3. The van der Waals surface area contributed by atoms with Crippen molar-refractivity contribution in [3.05, 3.63) is 35.9 Å². The highest BCUT2D eigenvalue weighted by Crippen LogP contribution is 2.38. The Morgan fingerprint density at radius 3 is 1.90 bits per heavy atom. The number of aliphatic carboxylic acids is 3. The van der Waals surface area contributed by atoms with Gasteiger partial charge in [0.15, 0.2) is 5.60 Å². The van der Waals surface area contributed by atoms with Crippen LogP contribution in [-0.4, -0.2) is 69.5 Å². The highest BCUT2D eigenvalue weighted by atomic mass is 16.4. The lowest BCUT2D eigenvalue weighted by atomic mass is 9.75. The van der Waals surface area contributed by atoms with Crippen LogP contribution in [0.1, 0.15) is 62.8 Å². The van der Waals surface area contributed by atoms with Crippen LogP contribution in [0, 0.1) is 5.92 Å². The SMILES string of the molecule is CN(C)CC[C@H](c1ccccc1)C1CCCCC1.O=C(O)CC(O)(CC(=O)O)C(=O)O. The van der Waals surface area contributed by atoms with Crippen molar-refractivity contribution in [3.8, 4) is 0 Å². The van der Waals surface area contributed by atoms with Gasteiger partial charge >= 0.3 is 17.9 Å². The molecule has 1 aliphatic rings. The van der Waals surface area contributed by atoms with E-state index in [0.717, 1.165) is 11.8 Å². The zero-order valence-corrected chi connectivity index (χ0v) is 18.4. The largest absolute Gasteiger partial charge is 0.481 e. The predicted molar refractivity (Wildman–Crippen MR) is 116 cm³/mol. The van der Waals surface area contributed by atoms with Crippen molar-refractivity contribution in [1.29, 1.82) is 0 Å². The summed E-state index contributed by atoms with van der Waals surface area (Å²) in [4.78, 5) is 32.8. The first-order chi connectivity index (χ1) is 14.5. The standard InChI is InChI=1S/C17H27N.C6H8O7/c1-18(2)14-13-17(15-9-5-3-6-10-15)16-11-7-4-8-12-16;7-3(8)1-6(13,5(11)12)2-4(9)10/h3,5-6,9-10,16-17H,4,7-8,11-14H2,1-2H3;13H,1-2H2,(H,7,8)(H,9,10)(H,11,12)/t17-;/m1./s1.